The van der Waals surface area contributed by atoms with Crippen LogP contribution in [-0.4, -0.2) is 29.3 Å². The standard InChI is InChI=1S/C11H17N3O/c1-8-7-14(6-4-10(8)15)11-9(12)3-2-5-13-11/h2-3,5,8,10,15H,4,6-7,12H2,1H3/t8-,10-/m0/s1. The number of nitrogens with two attached hydrogens (primary N) is 1. The monoisotopic (exact) mass is 207 g/mol. The zero-order valence-corrected chi connectivity index (χ0v) is 8.93. The van der Waals surface area contributed by atoms with Crippen LogP contribution in [0.5, 0.6) is 0 Å². The van der Waals surface area contributed by atoms with Crippen molar-refractivity contribution in [2.45, 2.75) is 19.4 Å². The van der Waals surface area contributed by atoms with Gasteiger partial charge in [0.05, 0.1) is 11.8 Å². The van der Waals surface area contributed by atoms with Gasteiger partial charge in [-0.2, -0.15) is 0 Å². The Bertz CT molecular complexity index is 342. The number of nitrogens with zero attached hydrogens (tertiary/aromatic N) is 2. The fourth-order valence-electron chi connectivity index (χ4n) is 2.00. The van der Waals surface area contributed by atoms with Gasteiger partial charge in [0, 0.05) is 19.3 Å². The third-order valence-corrected chi connectivity index (χ3v) is 2.98. The summed E-state index contributed by atoms with van der Waals surface area (Å²) in [5.74, 6) is 1.12. The van der Waals surface area contributed by atoms with Crippen molar-refractivity contribution in [2.24, 2.45) is 5.92 Å². The molecule has 3 N–H and O–H groups in total. The number of hydrogen-bond acceptors (Lipinski definition) is 4. The van der Waals surface area contributed by atoms with Crippen LogP contribution in [0.15, 0.2) is 18.3 Å². The molecule has 1 aliphatic rings. The van der Waals surface area contributed by atoms with Gasteiger partial charge in [-0.25, -0.2) is 4.98 Å². The van der Waals surface area contributed by atoms with Crippen LogP contribution in [0.3, 0.4) is 0 Å². The van der Waals surface area contributed by atoms with Crippen molar-refractivity contribution < 1.29 is 5.11 Å². The van der Waals surface area contributed by atoms with E-state index in [1.165, 1.54) is 0 Å². The van der Waals surface area contributed by atoms with Gasteiger partial charge in [-0.3, -0.25) is 0 Å². The number of aliphatic hydroxyl groups excluding tert-OH is 1. The minimum atomic E-state index is -0.189. The maximum absolute atomic E-state index is 9.63. The normalized spacial score (nSPS) is 26.7. The first-order chi connectivity index (χ1) is 7.18. The van der Waals surface area contributed by atoms with Crippen molar-refractivity contribution in [3.05, 3.63) is 18.3 Å². The Balaban J connectivity index is 2.15. The number of anilines is 2. The molecule has 15 heavy (non-hydrogen) atoms. The molecule has 4 heteroatoms. The van der Waals surface area contributed by atoms with Crippen molar-refractivity contribution in [2.75, 3.05) is 23.7 Å². The highest BCUT2D eigenvalue weighted by molar-refractivity contribution is 5.62. The first-order valence-electron chi connectivity index (χ1n) is 5.32. The zero-order chi connectivity index (χ0) is 10.8. The van der Waals surface area contributed by atoms with E-state index in [9.17, 15) is 5.11 Å². The number of rotatable bonds is 1. The third-order valence-electron chi connectivity index (χ3n) is 2.98. The molecule has 0 unspecified atom stereocenters. The van der Waals surface area contributed by atoms with E-state index in [0.717, 1.165) is 25.3 Å². The van der Waals surface area contributed by atoms with Gasteiger partial charge in [-0.15, -0.1) is 0 Å². The molecule has 0 saturated carbocycles. The van der Waals surface area contributed by atoms with Crippen molar-refractivity contribution in [3.8, 4) is 0 Å². The number of pyridine rings is 1. The summed E-state index contributed by atoms with van der Waals surface area (Å²) in [5.41, 5.74) is 6.57. The molecule has 2 atom stereocenters. The molecule has 4 nitrogen and oxygen atoms in total. The van der Waals surface area contributed by atoms with Gasteiger partial charge in [0.1, 0.15) is 0 Å². The second kappa shape index (κ2) is 4.06. The number of aromatic nitrogens is 1. The van der Waals surface area contributed by atoms with Gasteiger partial charge in [0.2, 0.25) is 0 Å². The van der Waals surface area contributed by atoms with Crippen LogP contribution in [0.4, 0.5) is 11.5 Å². The van der Waals surface area contributed by atoms with Gasteiger partial charge in [-0.1, -0.05) is 6.92 Å². The first kappa shape index (κ1) is 10.2. The van der Waals surface area contributed by atoms with E-state index in [2.05, 4.69) is 16.8 Å². The Morgan fingerprint density at radius 1 is 1.60 bits per heavy atom. The first-order valence-corrected chi connectivity index (χ1v) is 5.32. The molecule has 1 fully saturated rings. The predicted octanol–water partition coefficient (Wildman–Crippen LogP) is 0.871. The lowest BCUT2D eigenvalue weighted by Crippen LogP contribution is -2.42. The van der Waals surface area contributed by atoms with Crippen molar-refractivity contribution in [1.29, 1.82) is 0 Å². The summed E-state index contributed by atoms with van der Waals surface area (Å²) in [6.45, 7) is 3.70. The van der Waals surface area contributed by atoms with Crippen molar-refractivity contribution >= 4 is 11.5 Å². The summed E-state index contributed by atoms with van der Waals surface area (Å²) in [6, 6.07) is 3.69. The molecule has 1 aromatic rings. The fourth-order valence-corrected chi connectivity index (χ4v) is 2.00. The van der Waals surface area contributed by atoms with Gasteiger partial charge >= 0.3 is 0 Å². The summed E-state index contributed by atoms with van der Waals surface area (Å²) in [7, 11) is 0. The molecule has 2 rings (SSSR count). The molecule has 0 spiro atoms. The Labute approximate surface area is 89.7 Å². The van der Waals surface area contributed by atoms with Crippen molar-refractivity contribution in [1.82, 2.24) is 4.98 Å². The minimum absolute atomic E-state index is 0.189. The van der Waals surface area contributed by atoms with Crippen LogP contribution in [-0.2, 0) is 0 Å². The molecule has 0 bridgehead atoms. The molecule has 82 valence electrons. The number of hydrogen-bond donors (Lipinski definition) is 2. The van der Waals surface area contributed by atoms with Crippen LogP contribution in [0.1, 0.15) is 13.3 Å². The average molecular weight is 207 g/mol. The molecule has 1 aromatic heterocycles. The number of piperidine rings is 1. The van der Waals surface area contributed by atoms with Crippen LogP contribution in [0.25, 0.3) is 0 Å². The summed E-state index contributed by atoms with van der Waals surface area (Å²) >= 11 is 0. The summed E-state index contributed by atoms with van der Waals surface area (Å²) in [6.07, 6.45) is 2.35. The molecular formula is C11H17N3O. The van der Waals surface area contributed by atoms with Crippen LogP contribution < -0.4 is 10.6 Å². The highest BCUT2D eigenvalue weighted by Gasteiger charge is 2.25. The molecular weight excluding hydrogens is 190 g/mol. The van der Waals surface area contributed by atoms with Gasteiger partial charge in [-0.05, 0) is 24.5 Å². The van der Waals surface area contributed by atoms with Crippen LogP contribution in [0.2, 0.25) is 0 Å². The molecule has 2 heterocycles. The number of aliphatic hydroxyl groups is 1. The van der Waals surface area contributed by atoms with Crippen LogP contribution >= 0.6 is 0 Å². The lowest BCUT2D eigenvalue weighted by molar-refractivity contribution is 0.0969. The molecule has 1 saturated heterocycles. The van der Waals surface area contributed by atoms with E-state index < -0.39 is 0 Å². The lowest BCUT2D eigenvalue weighted by atomic mass is 9.97. The minimum Gasteiger partial charge on any atom is -0.396 e. The molecule has 0 aromatic carbocycles. The van der Waals surface area contributed by atoms with E-state index in [4.69, 9.17) is 5.73 Å². The van der Waals surface area contributed by atoms with Crippen molar-refractivity contribution in [3.63, 3.8) is 0 Å². The van der Waals surface area contributed by atoms with Crippen LogP contribution in [0, 0.1) is 5.92 Å². The highest BCUT2D eigenvalue weighted by Crippen LogP contribution is 2.25. The zero-order valence-electron chi connectivity index (χ0n) is 8.93. The van der Waals surface area contributed by atoms with Gasteiger partial charge in [0.15, 0.2) is 5.82 Å². The largest absolute Gasteiger partial charge is 0.396 e. The number of nitrogen functional groups attached to an aromatic ring is 1. The summed E-state index contributed by atoms with van der Waals surface area (Å²) < 4.78 is 0. The maximum Gasteiger partial charge on any atom is 0.151 e. The smallest absolute Gasteiger partial charge is 0.151 e. The maximum atomic E-state index is 9.63. The highest BCUT2D eigenvalue weighted by atomic mass is 16.3. The Kier molecular flexibility index (Phi) is 2.77. The molecule has 0 radical (unpaired) electrons. The Hall–Kier alpha value is -1.29. The lowest BCUT2D eigenvalue weighted by Gasteiger charge is -2.35. The van der Waals surface area contributed by atoms with E-state index in [1.807, 2.05) is 12.1 Å². The van der Waals surface area contributed by atoms with Gasteiger partial charge in [0.25, 0.3) is 0 Å². The summed E-state index contributed by atoms with van der Waals surface area (Å²) in [5, 5.41) is 9.63. The van der Waals surface area contributed by atoms with E-state index >= 15 is 0 Å². The Morgan fingerprint density at radius 2 is 2.40 bits per heavy atom. The predicted molar refractivity (Wildman–Crippen MR) is 60.7 cm³/mol. The topological polar surface area (TPSA) is 62.4 Å². The van der Waals surface area contributed by atoms with E-state index in [1.54, 1.807) is 6.20 Å². The quantitative estimate of drug-likeness (QED) is 0.717. The van der Waals surface area contributed by atoms with Gasteiger partial charge < -0.3 is 15.7 Å². The SMILES string of the molecule is C[C@H]1CN(c2ncccc2N)CC[C@@H]1O. The third kappa shape index (κ3) is 2.04. The molecule has 1 aliphatic heterocycles. The fraction of sp³-hybridized carbons (Fsp3) is 0.545. The molecule has 0 aliphatic carbocycles. The second-order valence-corrected chi connectivity index (χ2v) is 4.20. The van der Waals surface area contributed by atoms with E-state index in [-0.39, 0.29) is 12.0 Å². The second-order valence-electron chi connectivity index (χ2n) is 4.20. The summed E-state index contributed by atoms with van der Waals surface area (Å²) in [4.78, 5) is 6.43. The Morgan fingerprint density at radius 3 is 3.07 bits per heavy atom. The molecule has 0 amide bonds. The van der Waals surface area contributed by atoms with E-state index in [0.29, 0.717) is 5.69 Å². The average Bonchev–Trinajstić information content (AvgIpc) is 2.23.